The maximum atomic E-state index is 11.0. The summed E-state index contributed by atoms with van der Waals surface area (Å²) in [6.07, 6.45) is -4.20. The molecule has 0 aromatic rings. The van der Waals surface area contributed by atoms with E-state index in [1.54, 1.807) is 13.8 Å². The molecule has 3 heterocycles. The zero-order chi connectivity index (χ0) is 11.0. The molecule has 6 heteroatoms. The van der Waals surface area contributed by atoms with Gasteiger partial charge in [-0.3, -0.25) is 0 Å². The molecule has 0 amide bonds. The minimum atomic E-state index is -1.08. The molecule has 3 saturated heterocycles. The SMILES string of the molecule is CC12OC(C)(C(O)C1O)C1OC(=O)OC12. The molecule has 3 aliphatic heterocycles. The quantitative estimate of drug-likeness (QED) is 0.514. The van der Waals surface area contributed by atoms with Crippen LogP contribution in [-0.2, 0) is 14.2 Å². The Kier molecular flexibility index (Phi) is 1.43. The second kappa shape index (κ2) is 2.28. The Hall–Kier alpha value is -0.850. The number of hydrogen-bond acceptors (Lipinski definition) is 6. The average molecular weight is 216 g/mol. The Bertz CT molecular complexity index is 313. The molecule has 0 radical (unpaired) electrons. The fourth-order valence-corrected chi connectivity index (χ4v) is 2.87. The lowest BCUT2D eigenvalue weighted by Crippen LogP contribution is -2.60. The van der Waals surface area contributed by atoms with Crippen LogP contribution < -0.4 is 0 Å². The normalized spacial score (nSPS) is 61.5. The lowest BCUT2D eigenvalue weighted by Gasteiger charge is -2.34. The molecule has 84 valence electrons. The summed E-state index contributed by atoms with van der Waals surface area (Å²) in [6, 6.07) is 0. The molecular formula is C9H12O6. The van der Waals surface area contributed by atoms with Crippen molar-refractivity contribution in [3.63, 3.8) is 0 Å². The fourth-order valence-electron chi connectivity index (χ4n) is 2.87. The number of ether oxygens (including phenoxy) is 3. The molecule has 2 bridgehead atoms. The van der Waals surface area contributed by atoms with E-state index in [-0.39, 0.29) is 0 Å². The van der Waals surface area contributed by atoms with E-state index in [0.717, 1.165) is 0 Å². The second-order valence-electron chi connectivity index (χ2n) is 4.69. The monoisotopic (exact) mass is 216 g/mol. The van der Waals surface area contributed by atoms with Crippen molar-refractivity contribution in [2.45, 2.75) is 49.5 Å². The van der Waals surface area contributed by atoms with E-state index in [0.29, 0.717) is 0 Å². The van der Waals surface area contributed by atoms with Crippen molar-refractivity contribution < 1.29 is 29.2 Å². The van der Waals surface area contributed by atoms with E-state index in [1.165, 1.54) is 0 Å². The van der Waals surface area contributed by atoms with Crippen molar-refractivity contribution in [3.05, 3.63) is 0 Å². The highest BCUT2D eigenvalue weighted by Crippen LogP contribution is 2.55. The number of fused-ring (bicyclic) bond motifs is 5. The Morgan fingerprint density at radius 2 is 1.47 bits per heavy atom. The molecule has 15 heavy (non-hydrogen) atoms. The minimum Gasteiger partial charge on any atom is -0.424 e. The molecule has 0 aliphatic carbocycles. The lowest BCUT2D eigenvalue weighted by molar-refractivity contribution is -0.106. The van der Waals surface area contributed by atoms with Gasteiger partial charge in [-0.05, 0) is 13.8 Å². The molecule has 3 fully saturated rings. The van der Waals surface area contributed by atoms with Crippen LogP contribution in [-0.4, -0.2) is 52.0 Å². The van der Waals surface area contributed by atoms with Crippen LogP contribution in [0.5, 0.6) is 0 Å². The number of carbonyl (C=O) groups is 1. The number of aliphatic hydroxyl groups is 2. The van der Waals surface area contributed by atoms with E-state index < -0.39 is 41.8 Å². The summed E-state index contributed by atoms with van der Waals surface area (Å²) in [5.74, 6) is 0. The van der Waals surface area contributed by atoms with Crippen molar-refractivity contribution in [2.24, 2.45) is 0 Å². The van der Waals surface area contributed by atoms with Gasteiger partial charge in [0.15, 0.2) is 12.2 Å². The van der Waals surface area contributed by atoms with Crippen LogP contribution in [0.3, 0.4) is 0 Å². The van der Waals surface area contributed by atoms with Crippen LogP contribution in [0.25, 0.3) is 0 Å². The highest BCUT2D eigenvalue weighted by atomic mass is 16.8. The lowest BCUT2D eigenvalue weighted by atomic mass is 9.75. The molecule has 6 unspecified atom stereocenters. The summed E-state index contributed by atoms with van der Waals surface area (Å²) in [6.45, 7) is 3.22. The molecular weight excluding hydrogens is 204 g/mol. The number of rotatable bonds is 0. The van der Waals surface area contributed by atoms with Gasteiger partial charge in [0.2, 0.25) is 0 Å². The topological polar surface area (TPSA) is 85.2 Å². The van der Waals surface area contributed by atoms with Crippen LogP contribution in [0.4, 0.5) is 4.79 Å². The predicted octanol–water partition coefficient (Wildman–Crippen LogP) is -0.827. The van der Waals surface area contributed by atoms with E-state index in [2.05, 4.69) is 0 Å². The van der Waals surface area contributed by atoms with Gasteiger partial charge in [0.25, 0.3) is 0 Å². The Balaban J connectivity index is 2.08. The average Bonchev–Trinajstić information content (AvgIpc) is 2.69. The first kappa shape index (κ1) is 9.38. The van der Waals surface area contributed by atoms with Crippen LogP contribution in [0.1, 0.15) is 13.8 Å². The molecule has 0 spiro atoms. The Morgan fingerprint density at radius 3 is 1.87 bits per heavy atom. The van der Waals surface area contributed by atoms with Gasteiger partial charge in [-0.15, -0.1) is 0 Å². The first-order valence-electron chi connectivity index (χ1n) is 4.83. The third-order valence-electron chi connectivity index (χ3n) is 3.76. The third-order valence-corrected chi connectivity index (χ3v) is 3.76. The van der Waals surface area contributed by atoms with E-state index in [4.69, 9.17) is 14.2 Å². The summed E-state index contributed by atoms with van der Waals surface area (Å²) in [4.78, 5) is 11.0. The summed E-state index contributed by atoms with van der Waals surface area (Å²) in [7, 11) is 0. The van der Waals surface area contributed by atoms with Crippen LogP contribution in [0.15, 0.2) is 0 Å². The van der Waals surface area contributed by atoms with Crippen molar-refractivity contribution in [2.75, 3.05) is 0 Å². The maximum absolute atomic E-state index is 11.0. The summed E-state index contributed by atoms with van der Waals surface area (Å²) >= 11 is 0. The van der Waals surface area contributed by atoms with Gasteiger partial charge >= 0.3 is 6.16 Å². The summed E-state index contributed by atoms with van der Waals surface area (Å²) in [5, 5.41) is 19.6. The van der Waals surface area contributed by atoms with Crippen molar-refractivity contribution in [1.82, 2.24) is 0 Å². The van der Waals surface area contributed by atoms with Crippen LogP contribution in [0.2, 0.25) is 0 Å². The predicted molar refractivity (Wildman–Crippen MR) is 45.1 cm³/mol. The first-order chi connectivity index (χ1) is 6.89. The van der Waals surface area contributed by atoms with Crippen molar-refractivity contribution in [3.8, 4) is 0 Å². The van der Waals surface area contributed by atoms with Gasteiger partial charge in [0.05, 0.1) is 0 Å². The van der Waals surface area contributed by atoms with Gasteiger partial charge in [-0.2, -0.15) is 0 Å². The molecule has 6 atom stereocenters. The standard InChI is InChI=1S/C9H12O6/c1-8-3(10)4(11)9(2,15-8)6-5(8)13-7(12)14-6/h3-6,10-11H,1-2H3. The third kappa shape index (κ3) is 0.802. The van der Waals surface area contributed by atoms with Crippen molar-refractivity contribution in [1.29, 1.82) is 0 Å². The van der Waals surface area contributed by atoms with Crippen LogP contribution in [0, 0.1) is 0 Å². The molecule has 2 N–H and O–H groups in total. The number of aliphatic hydroxyl groups excluding tert-OH is 2. The summed E-state index contributed by atoms with van der Waals surface area (Å²) in [5.41, 5.74) is -2.16. The van der Waals surface area contributed by atoms with E-state index in [1.807, 2.05) is 0 Å². The maximum Gasteiger partial charge on any atom is 0.509 e. The second-order valence-corrected chi connectivity index (χ2v) is 4.69. The molecule has 6 nitrogen and oxygen atoms in total. The first-order valence-corrected chi connectivity index (χ1v) is 4.83. The van der Waals surface area contributed by atoms with E-state index in [9.17, 15) is 15.0 Å². The van der Waals surface area contributed by atoms with Gasteiger partial charge < -0.3 is 24.4 Å². The highest BCUT2D eigenvalue weighted by Gasteiger charge is 2.77. The fraction of sp³-hybridized carbons (Fsp3) is 0.889. The van der Waals surface area contributed by atoms with Crippen molar-refractivity contribution >= 4 is 6.16 Å². The summed E-state index contributed by atoms with van der Waals surface area (Å²) < 4.78 is 15.5. The Labute approximate surface area is 85.7 Å². The number of carbonyl (C=O) groups excluding carboxylic acids is 1. The minimum absolute atomic E-state index is 0.645. The van der Waals surface area contributed by atoms with Crippen LogP contribution >= 0.6 is 0 Å². The zero-order valence-corrected chi connectivity index (χ0v) is 8.34. The van der Waals surface area contributed by atoms with Gasteiger partial charge in [0.1, 0.15) is 23.4 Å². The van der Waals surface area contributed by atoms with Gasteiger partial charge in [-0.1, -0.05) is 0 Å². The zero-order valence-electron chi connectivity index (χ0n) is 8.34. The number of hydrogen-bond donors (Lipinski definition) is 2. The molecule has 3 rings (SSSR count). The largest absolute Gasteiger partial charge is 0.509 e. The molecule has 3 aliphatic rings. The highest BCUT2D eigenvalue weighted by molar-refractivity contribution is 5.64. The molecule has 0 saturated carbocycles. The van der Waals surface area contributed by atoms with E-state index >= 15 is 0 Å². The molecule has 0 aromatic heterocycles. The van der Waals surface area contributed by atoms with Gasteiger partial charge in [0, 0.05) is 0 Å². The molecule has 0 aromatic carbocycles. The smallest absolute Gasteiger partial charge is 0.424 e. The Morgan fingerprint density at radius 1 is 1.07 bits per heavy atom. The van der Waals surface area contributed by atoms with Gasteiger partial charge in [-0.25, -0.2) is 4.79 Å².